The van der Waals surface area contributed by atoms with Crippen LogP contribution >= 0.6 is 24.0 Å². The van der Waals surface area contributed by atoms with Crippen molar-refractivity contribution in [1.82, 2.24) is 9.88 Å². The van der Waals surface area contributed by atoms with Gasteiger partial charge in [-0.15, -0.1) is 24.0 Å². The van der Waals surface area contributed by atoms with Gasteiger partial charge in [0.2, 0.25) is 11.6 Å². The minimum Gasteiger partial charge on any atom is -0.493 e. The molecule has 7 nitrogen and oxygen atoms in total. The molecule has 0 radical (unpaired) electrons. The quantitative estimate of drug-likeness (QED) is 0.349. The van der Waals surface area contributed by atoms with E-state index in [1.165, 1.54) is 0 Å². The SMILES string of the molecule is CCN(CC)C(N)=NCc1ccc(Oc2c(OC)cccc2OC)nc1.I. The van der Waals surface area contributed by atoms with Crippen molar-refractivity contribution in [1.29, 1.82) is 0 Å². The molecule has 0 amide bonds. The van der Waals surface area contributed by atoms with Crippen LogP contribution < -0.4 is 19.9 Å². The molecule has 0 aliphatic rings. The van der Waals surface area contributed by atoms with Crippen molar-refractivity contribution in [2.75, 3.05) is 27.3 Å². The average Bonchev–Trinajstić information content (AvgIpc) is 2.68. The fourth-order valence-electron chi connectivity index (χ4n) is 2.41. The van der Waals surface area contributed by atoms with E-state index in [4.69, 9.17) is 19.9 Å². The molecule has 0 atom stereocenters. The number of rotatable bonds is 8. The number of guanidine groups is 1. The lowest BCUT2D eigenvalue weighted by Gasteiger charge is -2.19. The van der Waals surface area contributed by atoms with Crippen LogP contribution in [0.2, 0.25) is 0 Å². The monoisotopic (exact) mass is 486 g/mol. The van der Waals surface area contributed by atoms with Gasteiger partial charge in [0.05, 0.1) is 20.8 Å². The second-order valence-corrected chi connectivity index (χ2v) is 5.45. The Bertz CT molecular complexity index is 712. The molecule has 0 unspecified atom stereocenters. The zero-order valence-electron chi connectivity index (χ0n) is 16.1. The number of hydrogen-bond acceptors (Lipinski definition) is 5. The molecule has 0 saturated carbocycles. The molecule has 1 aromatic carbocycles. The molecule has 0 fully saturated rings. The third-order valence-electron chi connectivity index (χ3n) is 3.90. The van der Waals surface area contributed by atoms with Crippen LogP contribution in [0.1, 0.15) is 19.4 Å². The summed E-state index contributed by atoms with van der Waals surface area (Å²) in [5, 5.41) is 0. The molecule has 0 aliphatic heterocycles. The number of halogens is 1. The van der Waals surface area contributed by atoms with Gasteiger partial charge in [-0.1, -0.05) is 12.1 Å². The predicted molar refractivity (Wildman–Crippen MR) is 118 cm³/mol. The Hall–Kier alpha value is -2.23. The van der Waals surface area contributed by atoms with Crippen LogP contribution in [-0.4, -0.2) is 43.2 Å². The molecule has 0 saturated heterocycles. The van der Waals surface area contributed by atoms with Crippen LogP contribution in [-0.2, 0) is 6.54 Å². The zero-order valence-corrected chi connectivity index (χ0v) is 18.5. The van der Waals surface area contributed by atoms with Crippen LogP contribution in [0.15, 0.2) is 41.5 Å². The summed E-state index contributed by atoms with van der Waals surface area (Å²) in [4.78, 5) is 10.7. The lowest BCUT2D eigenvalue weighted by Crippen LogP contribution is -2.37. The van der Waals surface area contributed by atoms with Crippen LogP contribution in [0.4, 0.5) is 0 Å². The number of methoxy groups -OCH3 is 2. The zero-order chi connectivity index (χ0) is 18.9. The van der Waals surface area contributed by atoms with E-state index in [0.29, 0.717) is 35.6 Å². The molecule has 1 aromatic heterocycles. The fourth-order valence-corrected chi connectivity index (χ4v) is 2.41. The summed E-state index contributed by atoms with van der Waals surface area (Å²) < 4.78 is 16.5. The highest BCUT2D eigenvalue weighted by atomic mass is 127. The molecule has 2 N–H and O–H groups in total. The largest absolute Gasteiger partial charge is 0.493 e. The Morgan fingerprint density at radius 3 is 2.19 bits per heavy atom. The summed E-state index contributed by atoms with van der Waals surface area (Å²) in [6.45, 7) is 6.22. The van der Waals surface area contributed by atoms with Crippen LogP contribution in [0.25, 0.3) is 0 Å². The number of ether oxygens (including phenoxy) is 3. The number of pyridine rings is 1. The van der Waals surface area contributed by atoms with Crippen LogP contribution in [0, 0.1) is 0 Å². The number of benzene rings is 1. The van der Waals surface area contributed by atoms with E-state index < -0.39 is 0 Å². The van der Waals surface area contributed by atoms with Gasteiger partial charge in [0.15, 0.2) is 17.5 Å². The Morgan fingerprint density at radius 1 is 1.07 bits per heavy atom. The van der Waals surface area contributed by atoms with E-state index in [1.807, 2.05) is 30.9 Å². The first-order valence-corrected chi connectivity index (χ1v) is 8.51. The maximum atomic E-state index is 5.99. The minimum absolute atomic E-state index is 0. The van der Waals surface area contributed by atoms with E-state index >= 15 is 0 Å². The van der Waals surface area contributed by atoms with Gasteiger partial charge < -0.3 is 24.8 Å². The lowest BCUT2D eigenvalue weighted by atomic mass is 10.3. The number of nitrogens with two attached hydrogens (primary N) is 1. The molecule has 27 heavy (non-hydrogen) atoms. The van der Waals surface area contributed by atoms with Gasteiger partial charge in [-0.2, -0.15) is 0 Å². The van der Waals surface area contributed by atoms with Gasteiger partial charge in [0.25, 0.3) is 0 Å². The summed E-state index contributed by atoms with van der Waals surface area (Å²) in [7, 11) is 3.16. The Morgan fingerprint density at radius 2 is 1.70 bits per heavy atom. The van der Waals surface area contributed by atoms with Crippen molar-refractivity contribution in [3.63, 3.8) is 0 Å². The molecule has 0 aliphatic carbocycles. The van der Waals surface area contributed by atoms with Crippen LogP contribution in [0.3, 0.4) is 0 Å². The molecule has 2 aromatic rings. The van der Waals surface area contributed by atoms with Crippen molar-refractivity contribution in [3.05, 3.63) is 42.1 Å². The summed E-state index contributed by atoms with van der Waals surface area (Å²) in [5.74, 6) is 2.62. The van der Waals surface area contributed by atoms with Gasteiger partial charge in [0.1, 0.15) is 0 Å². The maximum absolute atomic E-state index is 5.99. The smallest absolute Gasteiger partial charge is 0.219 e. The maximum Gasteiger partial charge on any atom is 0.219 e. The van der Waals surface area contributed by atoms with Gasteiger partial charge in [-0.25, -0.2) is 9.98 Å². The van der Waals surface area contributed by atoms with Gasteiger partial charge >= 0.3 is 0 Å². The number of para-hydroxylation sites is 1. The topological polar surface area (TPSA) is 82.2 Å². The first kappa shape index (κ1) is 22.8. The van der Waals surface area contributed by atoms with Crippen molar-refractivity contribution >= 4 is 29.9 Å². The van der Waals surface area contributed by atoms with Crippen molar-refractivity contribution in [2.24, 2.45) is 10.7 Å². The normalized spacial score (nSPS) is 10.7. The number of hydrogen-bond donors (Lipinski definition) is 1. The number of aliphatic imine (C=N–C) groups is 1. The highest BCUT2D eigenvalue weighted by Gasteiger charge is 2.13. The Balaban J connectivity index is 0.00000364. The molecule has 1 heterocycles. The summed E-state index contributed by atoms with van der Waals surface area (Å²) >= 11 is 0. The van der Waals surface area contributed by atoms with Crippen molar-refractivity contribution < 1.29 is 14.2 Å². The predicted octanol–water partition coefficient (Wildman–Crippen LogP) is 3.67. The first-order chi connectivity index (χ1) is 12.6. The highest BCUT2D eigenvalue weighted by Crippen LogP contribution is 2.39. The molecule has 0 spiro atoms. The van der Waals surface area contributed by atoms with Crippen LogP contribution in [0.5, 0.6) is 23.1 Å². The standard InChI is InChI=1S/C19H26N4O3.HI/c1-5-23(6-2)19(20)22-13-14-10-11-17(21-12-14)26-18-15(24-3)8-7-9-16(18)25-4;/h7-12H,5-6,13H2,1-4H3,(H2,20,22);1H. The second kappa shape index (κ2) is 11.5. The Kier molecular flexibility index (Phi) is 9.70. The molecule has 148 valence electrons. The third kappa shape index (κ3) is 6.16. The van der Waals surface area contributed by atoms with Crippen molar-refractivity contribution in [2.45, 2.75) is 20.4 Å². The van der Waals surface area contributed by atoms with Gasteiger partial charge in [-0.3, -0.25) is 0 Å². The molecule has 0 bridgehead atoms. The van der Waals surface area contributed by atoms with Gasteiger partial charge in [-0.05, 0) is 31.5 Å². The summed E-state index contributed by atoms with van der Waals surface area (Å²) in [6, 6.07) is 9.13. The molecule has 2 rings (SSSR count). The van der Waals surface area contributed by atoms with E-state index in [-0.39, 0.29) is 24.0 Å². The lowest BCUT2D eigenvalue weighted by molar-refractivity contribution is 0.342. The Labute approximate surface area is 177 Å². The van der Waals surface area contributed by atoms with Gasteiger partial charge in [0, 0.05) is 25.4 Å². The number of aromatic nitrogens is 1. The molecular formula is C19H27IN4O3. The van der Waals surface area contributed by atoms with E-state index in [2.05, 4.69) is 9.98 Å². The van der Waals surface area contributed by atoms with Crippen molar-refractivity contribution in [3.8, 4) is 23.1 Å². The summed E-state index contributed by atoms with van der Waals surface area (Å²) in [5.41, 5.74) is 6.93. The minimum atomic E-state index is 0. The van der Waals surface area contributed by atoms with E-state index in [0.717, 1.165) is 18.7 Å². The van der Waals surface area contributed by atoms with E-state index in [1.54, 1.807) is 38.6 Å². The second-order valence-electron chi connectivity index (χ2n) is 5.45. The summed E-state index contributed by atoms with van der Waals surface area (Å²) in [6.07, 6.45) is 1.72. The molecule has 8 heteroatoms. The first-order valence-electron chi connectivity index (χ1n) is 8.51. The molecular weight excluding hydrogens is 459 g/mol. The highest BCUT2D eigenvalue weighted by molar-refractivity contribution is 14.0. The third-order valence-corrected chi connectivity index (χ3v) is 3.90. The average molecular weight is 486 g/mol. The number of nitrogens with zero attached hydrogens (tertiary/aromatic N) is 3. The fraction of sp³-hybridized carbons (Fsp3) is 0.368. The van der Waals surface area contributed by atoms with E-state index in [9.17, 15) is 0 Å².